The van der Waals surface area contributed by atoms with Crippen molar-refractivity contribution in [2.45, 2.75) is 13.5 Å². The lowest BCUT2D eigenvalue weighted by Crippen LogP contribution is -2.44. The molecule has 0 bridgehead atoms. The molecule has 0 radical (unpaired) electrons. The molecule has 4 nitrogen and oxygen atoms in total. The number of benzene rings is 1. The highest BCUT2D eigenvalue weighted by Crippen LogP contribution is 2.29. The molecule has 1 aromatic rings. The van der Waals surface area contributed by atoms with Crippen molar-refractivity contribution in [1.82, 2.24) is 4.90 Å². The Kier molecular flexibility index (Phi) is 2.73. The minimum Gasteiger partial charge on any atom is -0.388 e. The maximum absolute atomic E-state index is 12.0. The zero-order valence-electron chi connectivity index (χ0n) is 9.95. The summed E-state index contributed by atoms with van der Waals surface area (Å²) in [6.45, 7) is 3.45. The summed E-state index contributed by atoms with van der Waals surface area (Å²) >= 11 is 0. The Bertz CT molecular complexity index is 417. The topological polar surface area (TPSA) is 35.6 Å². The molecule has 2 amide bonds. The minimum atomic E-state index is 0.0725. The molecule has 1 aliphatic heterocycles. The molecule has 0 unspecified atom stereocenters. The highest BCUT2D eigenvalue weighted by molar-refractivity contribution is 5.95. The average Bonchev–Trinajstić information content (AvgIpc) is 2.33. The van der Waals surface area contributed by atoms with Crippen molar-refractivity contribution in [3.05, 3.63) is 23.8 Å². The number of fused-ring (bicyclic) bond motifs is 1. The van der Waals surface area contributed by atoms with E-state index in [1.54, 1.807) is 4.90 Å². The highest BCUT2D eigenvalue weighted by atomic mass is 16.2. The third-order valence-corrected chi connectivity index (χ3v) is 3.04. The molecule has 0 atom stereocenters. The predicted octanol–water partition coefficient (Wildman–Crippen LogP) is 2.12. The van der Waals surface area contributed by atoms with Crippen LogP contribution in [0.25, 0.3) is 0 Å². The van der Waals surface area contributed by atoms with Crippen LogP contribution in [0.1, 0.15) is 12.5 Å². The molecule has 0 spiro atoms. The fourth-order valence-electron chi connectivity index (χ4n) is 2.00. The maximum Gasteiger partial charge on any atom is 0.324 e. The second kappa shape index (κ2) is 4.04. The van der Waals surface area contributed by atoms with Crippen molar-refractivity contribution in [2.24, 2.45) is 0 Å². The molecule has 0 aliphatic carbocycles. The number of hydrogen-bond acceptors (Lipinski definition) is 2. The molecule has 16 heavy (non-hydrogen) atoms. The van der Waals surface area contributed by atoms with Gasteiger partial charge in [-0.3, -0.25) is 4.90 Å². The van der Waals surface area contributed by atoms with E-state index in [-0.39, 0.29) is 6.03 Å². The highest BCUT2D eigenvalue weighted by Gasteiger charge is 2.26. The summed E-state index contributed by atoms with van der Waals surface area (Å²) in [6, 6.07) is 6.20. The summed E-state index contributed by atoms with van der Waals surface area (Å²) in [7, 11) is 3.70. The van der Waals surface area contributed by atoms with Crippen LogP contribution in [0.5, 0.6) is 0 Å². The molecule has 1 aromatic carbocycles. The number of hydrogen-bond donors (Lipinski definition) is 1. The molecule has 0 saturated carbocycles. The van der Waals surface area contributed by atoms with Crippen LogP contribution in [0.3, 0.4) is 0 Å². The summed E-state index contributed by atoms with van der Waals surface area (Å²) in [5.74, 6) is 0. The van der Waals surface area contributed by atoms with E-state index in [1.807, 2.05) is 38.1 Å². The van der Waals surface area contributed by atoms with E-state index in [1.165, 1.54) is 5.56 Å². The zero-order chi connectivity index (χ0) is 11.7. The molecule has 86 valence electrons. The molecule has 0 aromatic heterocycles. The minimum absolute atomic E-state index is 0.0725. The molecule has 0 saturated heterocycles. The third-order valence-electron chi connectivity index (χ3n) is 3.04. The van der Waals surface area contributed by atoms with Gasteiger partial charge in [-0.1, -0.05) is 6.07 Å². The Labute approximate surface area is 95.8 Å². The fraction of sp³-hybridized carbons (Fsp3) is 0.417. The number of carbonyl (C=O) groups is 1. The molecular weight excluding hydrogens is 202 g/mol. The second-order valence-electron chi connectivity index (χ2n) is 3.95. The van der Waals surface area contributed by atoms with Gasteiger partial charge in [0.15, 0.2) is 0 Å². The van der Waals surface area contributed by atoms with Gasteiger partial charge in [-0.15, -0.1) is 0 Å². The van der Waals surface area contributed by atoms with Crippen LogP contribution in [0.2, 0.25) is 0 Å². The predicted molar refractivity (Wildman–Crippen MR) is 65.9 cm³/mol. The molecule has 2 rings (SSSR count). The number of carbonyl (C=O) groups excluding carboxylic acids is 1. The van der Waals surface area contributed by atoms with Crippen molar-refractivity contribution in [2.75, 3.05) is 30.9 Å². The monoisotopic (exact) mass is 219 g/mol. The van der Waals surface area contributed by atoms with E-state index in [4.69, 9.17) is 0 Å². The van der Waals surface area contributed by atoms with Crippen molar-refractivity contribution >= 4 is 17.4 Å². The van der Waals surface area contributed by atoms with E-state index in [9.17, 15) is 4.79 Å². The summed E-state index contributed by atoms with van der Waals surface area (Å²) in [4.78, 5) is 15.5. The van der Waals surface area contributed by atoms with Gasteiger partial charge in [0, 0.05) is 32.9 Å². The van der Waals surface area contributed by atoms with E-state index >= 15 is 0 Å². The zero-order valence-corrected chi connectivity index (χ0v) is 9.95. The van der Waals surface area contributed by atoms with Gasteiger partial charge in [-0.25, -0.2) is 4.79 Å². The molecule has 1 N–H and O–H groups in total. The Balaban J connectivity index is 2.42. The second-order valence-corrected chi connectivity index (χ2v) is 3.95. The van der Waals surface area contributed by atoms with E-state index in [2.05, 4.69) is 11.4 Å². The van der Waals surface area contributed by atoms with Gasteiger partial charge in [0.2, 0.25) is 0 Å². The Morgan fingerprint density at radius 2 is 2.19 bits per heavy atom. The smallest absolute Gasteiger partial charge is 0.324 e. The van der Waals surface area contributed by atoms with E-state index in [0.29, 0.717) is 6.54 Å². The van der Waals surface area contributed by atoms with Crippen LogP contribution >= 0.6 is 0 Å². The van der Waals surface area contributed by atoms with Crippen LogP contribution in [0.15, 0.2) is 18.2 Å². The Morgan fingerprint density at radius 1 is 1.44 bits per heavy atom. The van der Waals surface area contributed by atoms with Crippen LogP contribution in [-0.2, 0) is 6.54 Å². The number of nitrogens with one attached hydrogen (secondary N) is 1. The normalized spacial score (nSPS) is 15.1. The number of rotatable bonds is 2. The van der Waals surface area contributed by atoms with Gasteiger partial charge in [-0.05, 0) is 24.6 Å². The summed E-state index contributed by atoms with van der Waals surface area (Å²) in [5.41, 5.74) is 3.23. The van der Waals surface area contributed by atoms with E-state index in [0.717, 1.165) is 17.9 Å². The number of nitrogens with zero attached hydrogens (tertiary/aromatic N) is 2. The largest absolute Gasteiger partial charge is 0.388 e. The van der Waals surface area contributed by atoms with Crippen molar-refractivity contribution in [3.63, 3.8) is 0 Å². The van der Waals surface area contributed by atoms with Crippen LogP contribution in [0, 0.1) is 0 Å². The number of urea groups is 1. The molecule has 1 heterocycles. The van der Waals surface area contributed by atoms with E-state index < -0.39 is 0 Å². The van der Waals surface area contributed by atoms with Gasteiger partial charge in [0.25, 0.3) is 0 Å². The summed E-state index contributed by atoms with van der Waals surface area (Å²) in [5, 5.41) is 3.09. The quantitative estimate of drug-likeness (QED) is 0.827. The maximum atomic E-state index is 12.0. The van der Waals surface area contributed by atoms with Crippen LogP contribution in [-0.4, -0.2) is 31.6 Å². The molecule has 0 fully saturated rings. The third kappa shape index (κ3) is 1.60. The van der Waals surface area contributed by atoms with Crippen molar-refractivity contribution in [3.8, 4) is 0 Å². The van der Waals surface area contributed by atoms with Crippen molar-refractivity contribution in [1.29, 1.82) is 0 Å². The lowest BCUT2D eigenvalue weighted by molar-refractivity contribution is 0.203. The van der Waals surface area contributed by atoms with Crippen LogP contribution in [0.4, 0.5) is 16.2 Å². The first-order chi connectivity index (χ1) is 7.67. The Morgan fingerprint density at radius 3 is 2.81 bits per heavy atom. The molecule has 4 heteroatoms. The SMILES string of the molecule is CCN1Cc2ccc(NC)cc2N(C)C1=O. The first kappa shape index (κ1) is 10.8. The van der Waals surface area contributed by atoms with Gasteiger partial charge in [0.1, 0.15) is 0 Å². The molecule has 1 aliphatic rings. The number of amides is 2. The summed E-state index contributed by atoms with van der Waals surface area (Å²) < 4.78 is 0. The van der Waals surface area contributed by atoms with Gasteiger partial charge < -0.3 is 10.2 Å². The van der Waals surface area contributed by atoms with Gasteiger partial charge in [-0.2, -0.15) is 0 Å². The lowest BCUT2D eigenvalue weighted by Gasteiger charge is -2.34. The first-order valence-corrected chi connectivity index (χ1v) is 5.50. The number of anilines is 2. The molecular formula is C12H17N3O. The van der Waals surface area contributed by atoms with Crippen molar-refractivity contribution < 1.29 is 4.79 Å². The van der Waals surface area contributed by atoms with Gasteiger partial charge in [0.05, 0.1) is 5.69 Å². The summed E-state index contributed by atoms with van der Waals surface area (Å²) in [6.07, 6.45) is 0. The fourth-order valence-corrected chi connectivity index (χ4v) is 2.00. The Hall–Kier alpha value is -1.71. The standard InChI is InChI=1S/C12H17N3O/c1-4-15-8-9-5-6-10(13-2)7-11(9)14(3)12(15)16/h5-7,13H,4,8H2,1-3H3. The van der Waals surface area contributed by atoms with Gasteiger partial charge >= 0.3 is 6.03 Å². The lowest BCUT2D eigenvalue weighted by atomic mass is 10.1. The average molecular weight is 219 g/mol. The first-order valence-electron chi connectivity index (χ1n) is 5.50. The van der Waals surface area contributed by atoms with Crippen LogP contribution < -0.4 is 10.2 Å².